The van der Waals surface area contributed by atoms with E-state index in [0.29, 0.717) is 0 Å². The molecule has 2 saturated heterocycles. The van der Waals surface area contributed by atoms with Gasteiger partial charge in [0.05, 0.1) is 5.41 Å². The highest BCUT2D eigenvalue weighted by atomic mass is 16.7. The second kappa shape index (κ2) is 18.1. The predicted octanol–water partition coefficient (Wildman–Crippen LogP) is 0.654. The Hall–Kier alpha value is -4.32. The highest BCUT2D eigenvalue weighted by Gasteiger charge is 2.57. The lowest BCUT2D eigenvalue weighted by Crippen LogP contribution is -2.63. The molecule has 0 aromatic carbocycles. The molecule has 50 heavy (non-hydrogen) atoms. The van der Waals surface area contributed by atoms with E-state index < -0.39 is 127 Å². The van der Waals surface area contributed by atoms with Crippen LogP contribution in [0.15, 0.2) is 0 Å². The van der Waals surface area contributed by atoms with Crippen LogP contribution in [0.5, 0.6) is 0 Å². The molecule has 2 heterocycles. The van der Waals surface area contributed by atoms with Gasteiger partial charge in [0.15, 0.2) is 36.6 Å². The van der Waals surface area contributed by atoms with Crippen molar-refractivity contribution in [2.75, 3.05) is 13.2 Å². The quantitative estimate of drug-likeness (QED) is 0.188. The van der Waals surface area contributed by atoms with Gasteiger partial charge in [-0.25, -0.2) is 0 Å². The Labute approximate surface area is 288 Å². The monoisotopic (exact) mass is 718 g/mol. The number of carbonyl (C=O) groups is 8. The maximum Gasteiger partial charge on any atom is 0.311 e. The molecule has 10 atom stereocenters. The highest BCUT2D eigenvalue weighted by Crippen LogP contribution is 2.37. The second-order valence-electron chi connectivity index (χ2n) is 12.8. The Morgan fingerprint density at radius 3 is 1.38 bits per heavy atom. The van der Waals surface area contributed by atoms with E-state index in [2.05, 4.69) is 0 Å². The molecule has 0 N–H and O–H groups in total. The predicted molar refractivity (Wildman–Crippen MR) is 162 cm³/mol. The van der Waals surface area contributed by atoms with Crippen molar-refractivity contribution in [2.24, 2.45) is 5.41 Å². The number of carbonyl (C=O) groups excluding carboxylic acids is 8. The van der Waals surface area contributed by atoms with Crippen molar-refractivity contribution in [1.29, 1.82) is 0 Å². The number of hydrogen-bond donors (Lipinski definition) is 0. The van der Waals surface area contributed by atoms with Gasteiger partial charge < -0.3 is 47.4 Å². The molecule has 0 aromatic rings. The van der Waals surface area contributed by atoms with E-state index in [4.69, 9.17) is 47.4 Å². The molecule has 282 valence electrons. The maximum absolute atomic E-state index is 12.6. The molecular formula is C32H46O18. The summed E-state index contributed by atoms with van der Waals surface area (Å²) in [6.07, 6.45) is -14.3. The Bertz CT molecular complexity index is 1290. The summed E-state index contributed by atoms with van der Waals surface area (Å²) >= 11 is 0. The minimum absolute atomic E-state index is 0.361. The Kier molecular flexibility index (Phi) is 15.1. The fraction of sp³-hybridized carbons (Fsp3) is 0.750. The van der Waals surface area contributed by atoms with Crippen LogP contribution in [0.2, 0.25) is 0 Å². The van der Waals surface area contributed by atoms with Gasteiger partial charge >= 0.3 is 47.8 Å². The SMILES string of the molecule is CC(=O)OC[C@H]1O[C@@H](C[C@@H]2O[C@H]([C@@H](COC(=O)C(C)(C)C)OC(C)=O)[C@H](OC(C)=O)[C@H]2OC(C)=O)[C@H](OC(C)=O)[C@@H](OC(C)=O)[C@@H]1OC(C)=O. The zero-order chi connectivity index (χ0) is 38.1. The number of ether oxygens (including phenoxy) is 10. The summed E-state index contributed by atoms with van der Waals surface area (Å²) in [5.74, 6) is -6.36. The van der Waals surface area contributed by atoms with Gasteiger partial charge in [0.2, 0.25) is 0 Å². The lowest BCUT2D eigenvalue weighted by molar-refractivity contribution is -0.257. The van der Waals surface area contributed by atoms with Gasteiger partial charge in [0, 0.05) is 54.9 Å². The zero-order valence-electron chi connectivity index (χ0n) is 29.7. The van der Waals surface area contributed by atoms with Crippen molar-refractivity contribution >= 4 is 47.8 Å². The van der Waals surface area contributed by atoms with Crippen molar-refractivity contribution in [3.05, 3.63) is 0 Å². The van der Waals surface area contributed by atoms with E-state index in [1.54, 1.807) is 20.8 Å². The average Bonchev–Trinajstić information content (AvgIpc) is 3.26. The van der Waals surface area contributed by atoms with Gasteiger partial charge in [-0.15, -0.1) is 0 Å². The van der Waals surface area contributed by atoms with Gasteiger partial charge in [0.25, 0.3) is 0 Å². The lowest BCUT2D eigenvalue weighted by Gasteiger charge is -2.45. The molecule has 0 aromatic heterocycles. The van der Waals surface area contributed by atoms with Crippen molar-refractivity contribution in [3.63, 3.8) is 0 Å². The molecule has 0 unspecified atom stereocenters. The van der Waals surface area contributed by atoms with Crippen LogP contribution in [0.25, 0.3) is 0 Å². The van der Waals surface area contributed by atoms with Gasteiger partial charge in [-0.2, -0.15) is 0 Å². The third kappa shape index (κ3) is 12.5. The fourth-order valence-corrected chi connectivity index (χ4v) is 5.42. The van der Waals surface area contributed by atoms with Crippen LogP contribution < -0.4 is 0 Å². The molecule has 18 heteroatoms. The summed E-state index contributed by atoms with van der Waals surface area (Å²) in [5, 5.41) is 0. The van der Waals surface area contributed by atoms with Crippen molar-refractivity contribution < 1.29 is 85.7 Å². The molecule has 0 radical (unpaired) electrons. The van der Waals surface area contributed by atoms with Crippen LogP contribution in [-0.4, -0.2) is 122 Å². The first-order valence-corrected chi connectivity index (χ1v) is 15.8. The Morgan fingerprint density at radius 2 is 0.940 bits per heavy atom. The van der Waals surface area contributed by atoms with Crippen molar-refractivity contribution in [3.8, 4) is 0 Å². The lowest BCUT2D eigenvalue weighted by atomic mass is 9.90. The van der Waals surface area contributed by atoms with Crippen LogP contribution in [0.4, 0.5) is 0 Å². The third-order valence-corrected chi connectivity index (χ3v) is 7.18. The van der Waals surface area contributed by atoms with Crippen LogP contribution >= 0.6 is 0 Å². The molecule has 2 rings (SSSR count). The average molecular weight is 719 g/mol. The van der Waals surface area contributed by atoms with E-state index in [1.807, 2.05) is 0 Å². The van der Waals surface area contributed by atoms with Crippen LogP contribution in [-0.2, 0) is 85.7 Å². The third-order valence-electron chi connectivity index (χ3n) is 7.18. The molecule has 2 fully saturated rings. The van der Waals surface area contributed by atoms with Crippen LogP contribution in [0.3, 0.4) is 0 Å². The first-order valence-electron chi connectivity index (χ1n) is 15.8. The summed E-state index contributed by atoms with van der Waals surface area (Å²) in [6, 6.07) is 0. The molecule has 0 bridgehead atoms. The molecular weight excluding hydrogens is 672 g/mol. The zero-order valence-corrected chi connectivity index (χ0v) is 29.7. The van der Waals surface area contributed by atoms with Crippen LogP contribution in [0, 0.1) is 5.41 Å². The first-order chi connectivity index (χ1) is 23.1. The number of esters is 8. The number of hydrogen-bond acceptors (Lipinski definition) is 18. The van der Waals surface area contributed by atoms with Gasteiger partial charge in [-0.3, -0.25) is 38.4 Å². The summed E-state index contributed by atoms with van der Waals surface area (Å²) in [5.41, 5.74) is -0.940. The Morgan fingerprint density at radius 1 is 0.520 bits per heavy atom. The van der Waals surface area contributed by atoms with Crippen LogP contribution in [0.1, 0.15) is 75.7 Å². The van der Waals surface area contributed by atoms with E-state index >= 15 is 0 Å². The summed E-state index contributed by atoms with van der Waals surface area (Å²) < 4.78 is 55.9. The van der Waals surface area contributed by atoms with E-state index in [1.165, 1.54) is 0 Å². The molecule has 0 spiro atoms. The van der Waals surface area contributed by atoms with E-state index in [0.717, 1.165) is 48.5 Å². The Balaban J connectivity index is 2.65. The fourth-order valence-electron chi connectivity index (χ4n) is 5.42. The largest absolute Gasteiger partial charge is 0.463 e. The standard InChI is InChI=1S/C32H46O18/c1-14(33)41-12-24-27(46-18(5)37)29(47-19(6)38)25(44-16(3)35)21(49-24)11-22-26(45-17(4)36)30(48-20(7)39)28(50-22)23(43-15(2)34)13-42-31(40)32(8,9)10/h21-30H,11-13H2,1-10H3/t21-,22-,23+,24+,25-,26-,27+,28+,29+,30+/m0/s1. The minimum Gasteiger partial charge on any atom is -0.463 e. The maximum atomic E-state index is 12.6. The van der Waals surface area contributed by atoms with Gasteiger partial charge in [-0.1, -0.05) is 0 Å². The van der Waals surface area contributed by atoms with Gasteiger partial charge in [-0.05, 0) is 20.8 Å². The number of rotatable bonds is 13. The molecule has 0 aliphatic carbocycles. The topological polar surface area (TPSA) is 229 Å². The highest BCUT2D eigenvalue weighted by molar-refractivity contribution is 5.75. The molecule has 0 saturated carbocycles. The second-order valence-corrected chi connectivity index (χ2v) is 12.8. The molecule has 18 nitrogen and oxygen atoms in total. The summed E-state index contributed by atoms with van der Waals surface area (Å²) in [4.78, 5) is 97.8. The summed E-state index contributed by atoms with van der Waals surface area (Å²) in [6.45, 7) is 11.3. The van der Waals surface area contributed by atoms with Crippen molar-refractivity contribution in [2.45, 2.75) is 137 Å². The minimum atomic E-state index is -1.50. The van der Waals surface area contributed by atoms with E-state index in [9.17, 15) is 38.4 Å². The van der Waals surface area contributed by atoms with Crippen molar-refractivity contribution in [1.82, 2.24) is 0 Å². The normalized spacial score (nSPS) is 28.2. The molecule has 2 aliphatic rings. The molecule has 0 amide bonds. The first kappa shape index (κ1) is 41.8. The van der Waals surface area contributed by atoms with E-state index in [-0.39, 0.29) is 6.42 Å². The molecule has 2 aliphatic heterocycles. The smallest absolute Gasteiger partial charge is 0.311 e. The summed E-state index contributed by atoms with van der Waals surface area (Å²) in [7, 11) is 0. The van der Waals surface area contributed by atoms with Gasteiger partial charge in [0.1, 0.15) is 37.6 Å².